The Morgan fingerprint density at radius 3 is 0.984 bits per heavy atom. The Morgan fingerprint density at radius 1 is 0.339 bits per heavy atom. The lowest BCUT2D eigenvalue weighted by molar-refractivity contribution is -0.167. The third-order valence-electron chi connectivity index (χ3n) is 11.6. The predicted molar refractivity (Wildman–Crippen MR) is 265 cm³/mol. The van der Waals surface area contributed by atoms with Crippen molar-refractivity contribution in [1.29, 1.82) is 0 Å². The van der Waals surface area contributed by atoms with E-state index in [0.29, 0.717) is 19.3 Å². The largest absolute Gasteiger partial charge is 0.462 e. The second-order valence-corrected chi connectivity index (χ2v) is 17.8. The molecule has 0 heterocycles. The van der Waals surface area contributed by atoms with Crippen LogP contribution in [0.2, 0.25) is 0 Å². The third kappa shape index (κ3) is 48.4. The van der Waals surface area contributed by atoms with Crippen molar-refractivity contribution < 1.29 is 28.6 Å². The summed E-state index contributed by atoms with van der Waals surface area (Å²) in [5.74, 6) is -0.905. The molecule has 0 N–H and O–H groups in total. The molecule has 62 heavy (non-hydrogen) atoms. The summed E-state index contributed by atoms with van der Waals surface area (Å²) >= 11 is 0. The van der Waals surface area contributed by atoms with Crippen molar-refractivity contribution in [2.75, 3.05) is 13.2 Å². The van der Waals surface area contributed by atoms with Gasteiger partial charge in [0.25, 0.3) is 0 Å². The molecule has 0 aromatic heterocycles. The highest BCUT2D eigenvalue weighted by Gasteiger charge is 2.19. The molecular weight excluding hydrogens is 769 g/mol. The summed E-state index contributed by atoms with van der Waals surface area (Å²) in [4.78, 5) is 37.8. The summed E-state index contributed by atoms with van der Waals surface area (Å²) in [7, 11) is 0. The quantitative estimate of drug-likeness (QED) is 0.0262. The maximum atomic E-state index is 12.7. The van der Waals surface area contributed by atoms with E-state index in [-0.39, 0.29) is 31.1 Å². The van der Waals surface area contributed by atoms with Gasteiger partial charge in [-0.05, 0) is 57.8 Å². The second-order valence-electron chi connectivity index (χ2n) is 17.8. The van der Waals surface area contributed by atoms with Crippen LogP contribution in [0.5, 0.6) is 0 Å². The number of hydrogen-bond acceptors (Lipinski definition) is 6. The lowest BCUT2D eigenvalue weighted by Gasteiger charge is -2.18. The number of carbonyl (C=O) groups excluding carboxylic acids is 3. The molecule has 0 rings (SSSR count). The molecule has 1 unspecified atom stereocenters. The van der Waals surface area contributed by atoms with Crippen molar-refractivity contribution in [3.8, 4) is 0 Å². The van der Waals surface area contributed by atoms with Gasteiger partial charge in [-0.1, -0.05) is 243 Å². The van der Waals surface area contributed by atoms with Gasteiger partial charge in [-0.25, -0.2) is 0 Å². The van der Waals surface area contributed by atoms with E-state index in [9.17, 15) is 14.4 Å². The fourth-order valence-electron chi connectivity index (χ4n) is 7.61. The van der Waals surface area contributed by atoms with Crippen LogP contribution in [0.4, 0.5) is 0 Å². The van der Waals surface area contributed by atoms with Gasteiger partial charge < -0.3 is 14.2 Å². The van der Waals surface area contributed by atoms with Gasteiger partial charge in [-0.15, -0.1) is 0 Å². The van der Waals surface area contributed by atoms with Crippen molar-refractivity contribution in [3.63, 3.8) is 0 Å². The second kappa shape index (κ2) is 51.0. The fourth-order valence-corrected chi connectivity index (χ4v) is 7.61. The molecule has 0 fully saturated rings. The molecule has 0 aliphatic rings. The normalized spacial score (nSPS) is 12.4. The number of ether oxygens (including phenoxy) is 3. The number of rotatable bonds is 48. The van der Waals surface area contributed by atoms with Crippen LogP contribution in [0.1, 0.15) is 271 Å². The van der Waals surface area contributed by atoms with Crippen molar-refractivity contribution in [3.05, 3.63) is 48.6 Å². The summed E-state index contributed by atoms with van der Waals surface area (Å²) in [6, 6.07) is 0. The molecule has 6 heteroatoms. The van der Waals surface area contributed by atoms with Gasteiger partial charge >= 0.3 is 17.9 Å². The molecule has 0 amide bonds. The fraction of sp³-hybridized carbons (Fsp3) is 0.804. The van der Waals surface area contributed by atoms with Gasteiger partial charge in [0, 0.05) is 19.3 Å². The van der Waals surface area contributed by atoms with Gasteiger partial charge in [0.1, 0.15) is 13.2 Å². The third-order valence-corrected chi connectivity index (χ3v) is 11.6. The van der Waals surface area contributed by atoms with Crippen molar-refractivity contribution >= 4 is 17.9 Å². The van der Waals surface area contributed by atoms with Gasteiger partial charge in [0.2, 0.25) is 0 Å². The lowest BCUT2D eigenvalue weighted by atomic mass is 10.0. The molecule has 0 spiro atoms. The first kappa shape index (κ1) is 59.4. The van der Waals surface area contributed by atoms with E-state index < -0.39 is 6.10 Å². The standard InChI is InChI=1S/C56H100O6/c1-4-7-10-13-16-18-20-22-24-26-27-28-29-31-32-34-36-38-40-43-46-49-55(58)61-52-53(51-60-54(57)48-45-42-15-12-9-6-3)62-56(59)50-47-44-41-39-37-35-33-30-25-23-21-19-17-14-11-8-5-2/h8,11,17,19,23,25,33,35,53H,4-7,9-10,12-16,18,20-22,24,26-32,34,36-52H2,1-3H3/b11-8-,19-17-,25-23-,35-33-. The van der Waals surface area contributed by atoms with Crippen LogP contribution < -0.4 is 0 Å². The Kier molecular flexibility index (Phi) is 48.8. The molecule has 0 bridgehead atoms. The Labute approximate surface area is 384 Å². The molecule has 1 atom stereocenters. The first-order chi connectivity index (χ1) is 30.5. The zero-order chi connectivity index (χ0) is 45.1. The molecule has 0 saturated carbocycles. The zero-order valence-electron chi connectivity index (χ0n) is 41.1. The number of hydrogen-bond donors (Lipinski definition) is 0. The van der Waals surface area contributed by atoms with Crippen LogP contribution in [-0.2, 0) is 28.6 Å². The molecule has 0 radical (unpaired) electrons. The predicted octanol–water partition coefficient (Wildman–Crippen LogP) is 17.5. The first-order valence-electron chi connectivity index (χ1n) is 26.6. The minimum Gasteiger partial charge on any atom is -0.462 e. The van der Waals surface area contributed by atoms with Gasteiger partial charge in [0.05, 0.1) is 0 Å². The molecule has 0 aromatic carbocycles. The van der Waals surface area contributed by atoms with Crippen LogP contribution in [0.3, 0.4) is 0 Å². The van der Waals surface area contributed by atoms with Crippen molar-refractivity contribution in [1.82, 2.24) is 0 Å². The molecule has 360 valence electrons. The molecule has 0 aliphatic carbocycles. The maximum absolute atomic E-state index is 12.7. The lowest BCUT2D eigenvalue weighted by Crippen LogP contribution is -2.30. The average Bonchev–Trinajstić information content (AvgIpc) is 3.27. The number of allylic oxidation sites excluding steroid dienone is 8. The van der Waals surface area contributed by atoms with E-state index in [2.05, 4.69) is 69.4 Å². The zero-order valence-corrected chi connectivity index (χ0v) is 41.1. The van der Waals surface area contributed by atoms with E-state index in [4.69, 9.17) is 14.2 Å². The molecule has 0 aliphatic heterocycles. The molecule has 0 aromatic rings. The van der Waals surface area contributed by atoms with Gasteiger partial charge in [-0.3, -0.25) is 14.4 Å². The van der Waals surface area contributed by atoms with E-state index in [1.54, 1.807) is 0 Å². The van der Waals surface area contributed by atoms with E-state index in [0.717, 1.165) is 96.3 Å². The van der Waals surface area contributed by atoms with E-state index in [1.165, 1.54) is 135 Å². The minimum absolute atomic E-state index is 0.0804. The Balaban J connectivity index is 4.18. The SMILES string of the molecule is CC/C=C\C/C=C\C/C=C\C/C=C\CCCCCCC(=O)OC(COC(=O)CCCCCCCC)COC(=O)CCCCCCCCCCCCCCCCCCCCCCC. The summed E-state index contributed by atoms with van der Waals surface area (Å²) in [5, 5.41) is 0. The number of carbonyl (C=O) groups is 3. The average molecular weight is 869 g/mol. The highest BCUT2D eigenvalue weighted by atomic mass is 16.6. The molecular formula is C56H100O6. The summed E-state index contributed by atoms with van der Waals surface area (Å²) in [6.07, 6.45) is 61.3. The van der Waals surface area contributed by atoms with Crippen molar-refractivity contribution in [2.45, 2.75) is 277 Å². The van der Waals surface area contributed by atoms with Gasteiger partial charge in [-0.2, -0.15) is 0 Å². The molecule has 0 saturated heterocycles. The van der Waals surface area contributed by atoms with Gasteiger partial charge in [0.15, 0.2) is 6.10 Å². The number of esters is 3. The van der Waals surface area contributed by atoms with Crippen LogP contribution in [-0.4, -0.2) is 37.2 Å². The van der Waals surface area contributed by atoms with Crippen LogP contribution in [0.15, 0.2) is 48.6 Å². The van der Waals surface area contributed by atoms with Crippen LogP contribution >= 0.6 is 0 Å². The van der Waals surface area contributed by atoms with Crippen molar-refractivity contribution in [2.24, 2.45) is 0 Å². The topological polar surface area (TPSA) is 78.9 Å². The monoisotopic (exact) mass is 869 g/mol. The number of unbranched alkanes of at least 4 members (excludes halogenated alkanes) is 29. The van der Waals surface area contributed by atoms with E-state index in [1.807, 2.05) is 0 Å². The molecule has 6 nitrogen and oxygen atoms in total. The minimum atomic E-state index is -0.780. The maximum Gasteiger partial charge on any atom is 0.306 e. The van der Waals surface area contributed by atoms with Crippen LogP contribution in [0, 0.1) is 0 Å². The van der Waals surface area contributed by atoms with E-state index >= 15 is 0 Å². The highest BCUT2D eigenvalue weighted by molar-refractivity contribution is 5.71. The Bertz CT molecular complexity index is 1090. The van der Waals surface area contributed by atoms with Crippen LogP contribution in [0.25, 0.3) is 0 Å². The Hall–Kier alpha value is -2.63. The summed E-state index contributed by atoms with van der Waals surface area (Å²) in [6.45, 7) is 6.47. The summed E-state index contributed by atoms with van der Waals surface area (Å²) < 4.78 is 16.7. The highest BCUT2D eigenvalue weighted by Crippen LogP contribution is 2.16. The summed E-state index contributed by atoms with van der Waals surface area (Å²) in [5.41, 5.74) is 0. The first-order valence-corrected chi connectivity index (χ1v) is 26.6. The smallest absolute Gasteiger partial charge is 0.306 e. The Morgan fingerprint density at radius 2 is 0.629 bits per heavy atom.